The Kier molecular flexibility index (Phi) is 4.57. The molecule has 0 unspecified atom stereocenters. The summed E-state index contributed by atoms with van der Waals surface area (Å²) in [5, 5.41) is 10.5. The number of oxazole rings is 1. The van der Waals surface area contributed by atoms with Gasteiger partial charge in [0.25, 0.3) is 0 Å². The Bertz CT molecular complexity index is 1480. The number of para-hydroxylation sites is 1. The van der Waals surface area contributed by atoms with E-state index in [1.165, 1.54) is 0 Å². The number of nitrogens with one attached hydrogen (secondary N) is 2. The standard InChI is InChI=1S/C27H22N4O2/c1-16-6-13-23-24(14-16)33-27(30-23)21-15-28-31-25(21)18-9-7-17(8-10-18)20-4-2-3-5-22(20)29-26(32)19-11-12-19/h2-10,13-15,19H,11-12H2,1H3,(H,28,31)(H,29,32). The zero-order valence-corrected chi connectivity index (χ0v) is 18.1. The third-order valence-corrected chi connectivity index (χ3v) is 6.02. The third-order valence-electron chi connectivity index (χ3n) is 6.02. The van der Waals surface area contributed by atoms with E-state index in [-0.39, 0.29) is 11.8 Å². The molecule has 1 fully saturated rings. The summed E-state index contributed by atoms with van der Waals surface area (Å²) < 4.78 is 6.01. The lowest BCUT2D eigenvalue weighted by atomic mass is 10.00. The Morgan fingerprint density at radius 3 is 2.61 bits per heavy atom. The van der Waals surface area contributed by atoms with Crippen LogP contribution in [0.1, 0.15) is 18.4 Å². The van der Waals surface area contributed by atoms with Gasteiger partial charge in [-0.15, -0.1) is 0 Å². The summed E-state index contributed by atoms with van der Waals surface area (Å²) in [6, 6.07) is 22.0. The van der Waals surface area contributed by atoms with Gasteiger partial charge in [0.1, 0.15) is 11.2 Å². The summed E-state index contributed by atoms with van der Waals surface area (Å²) in [4.78, 5) is 16.9. The van der Waals surface area contributed by atoms with Crippen LogP contribution in [0.5, 0.6) is 0 Å². The summed E-state index contributed by atoms with van der Waals surface area (Å²) in [5.74, 6) is 0.805. The Balaban J connectivity index is 1.32. The summed E-state index contributed by atoms with van der Waals surface area (Å²) in [7, 11) is 0. The highest BCUT2D eigenvalue weighted by Crippen LogP contribution is 2.35. The number of fused-ring (bicyclic) bond motifs is 1. The molecule has 162 valence electrons. The molecule has 6 nitrogen and oxygen atoms in total. The van der Waals surface area contributed by atoms with Crippen molar-refractivity contribution in [1.82, 2.24) is 15.2 Å². The third kappa shape index (κ3) is 3.69. The monoisotopic (exact) mass is 434 g/mol. The van der Waals surface area contributed by atoms with Crippen LogP contribution in [-0.2, 0) is 4.79 Å². The largest absolute Gasteiger partial charge is 0.436 e. The molecular formula is C27H22N4O2. The molecule has 0 atom stereocenters. The number of aryl methyl sites for hydroxylation is 1. The fourth-order valence-electron chi connectivity index (χ4n) is 4.05. The molecule has 1 aliphatic carbocycles. The van der Waals surface area contributed by atoms with Gasteiger partial charge in [0.15, 0.2) is 5.58 Å². The molecular weight excluding hydrogens is 412 g/mol. The van der Waals surface area contributed by atoms with Crippen LogP contribution in [0, 0.1) is 12.8 Å². The molecule has 6 heteroatoms. The number of aromatic amines is 1. The molecule has 0 radical (unpaired) electrons. The van der Waals surface area contributed by atoms with Crippen molar-refractivity contribution in [2.45, 2.75) is 19.8 Å². The molecule has 2 N–H and O–H groups in total. The number of amides is 1. The number of hydrogen-bond donors (Lipinski definition) is 2. The van der Waals surface area contributed by atoms with Gasteiger partial charge < -0.3 is 9.73 Å². The van der Waals surface area contributed by atoms with Crippen LogP contribution in [0.25, 0.3) is 44.9 Å². The van der Waals surface area contributed by atoms with Crippen molar-refractivity contribution in [3.8, 4) is 33.8 Å². The maximum Gasteiger partial charge on any atom is 0.231 e. The molecule has 1 saturated carbocycles. The van der Waals surface area contributed by atoms with Gasteiger partial charge in [-0.25, -0.2) is 4.98 Å². The van der Waals surface area contributed by atoms with E-state index >= 15 is 0 Å². The van der Waals surface area contributed by atoms with Gasteiger partial charge in [0.2, 0.25) is 11.8 Å². The first-order valence-electron chi connectivity index (χ1n) is 11.1. The molecule has 1 amide bonds. The van der Waals surface area contributed by atoms with Crippen molar-refractivity contribution in [3.63, 3.8) is 0 Å². The van der Waals surface area contributed by atoms with Gasteiger partial charge in [0, 0.05) is 28.9 Å². The number of carbonyl (C=O) groups excluding carboxylic acids is 1. The summed E-state index contributed by atoms with van der Waals surface area (Å²) in [5.41, 5.74) is 8.11. The first-order chi connectivity index (χ1) is 16.2. The Labute approximate surface area is 190 Å². The molecule has 3 aromatic carbocycles. The van der Waals surface area contributed by atoms with Gasteiger partial charge in [0.05, 0.1) is 5.56 Å². The van der Waals surface area contributed by atoms with Crippen LogP contribution in [-0.4, -0.2) is 21.1 Å². The van der Waals surface area contributed by atoms with E-state index in [1.807, 2.05) is 79.9 Å². The van der Waals surface area contributed by atoms with Crippen LogP contribution in [0.15, 0.2) is 77.3 Å². The van der Waals surface area contributed by atoms with Crippen LogP contribution in [0.2, 0.25) is 0 Å². The Morgan fingerprint density at radius 1 is 1.00 bits per heavy atom. The van der Waals surface area contributed by atoms with Crippen molar-refractivity contribution < 1.29 is 9.21 Å². The highest BCUT2D eigenvalue weighted by molar-refractivity contribution is 5.98. The average molecular weight is 434 g/mol. The normalized spacial score (nSPS) is 13.4. The number of nitrogens with zero attached hydrogens (tertiary/aromatic N) is 2. The van der Waals surface area contributed by atoms with E-state index in [4.69, 9.17) is 4.42 Å². The summed E-state index contributed by atoms with van der Waals surface area (Å²) in [6.07, 6.45) is 3.77. The van der Waals surface area contributed by atoms with Crippen molar-refractivity contribution in [2.75, 3.05) is 5.32 Å². The molecule has 33 heavy (non-hydrogen) atoms. The number of aromatic nitrogens is 3. The first kappa shape index (κ1) is 19.5. The van der Waals surface area contributed by atoms with Gasteiger partial charge in [-0.3, -0.25) is 9.89 Å². The summed E-state index contributed by atoms with van der Waals surface area (Å²) >= 11 is 0. The van der Waals surface area contributed by atoms with Crippen LogP contribution >= 0.6 is 0 Å². The van der Waals surface area contributed by atoms with Gasteiger partial charge in [-0.1, -0.05) is 48.5 Å². The van der Waals surface area contributed by atoms with Gasteiger partial charge in [-0.2, -0.15) is 5.10 Å². The number of H-pyrrole nitrogens is 1. The average Bonchev–Trinajstić information content (AvgIpc) is 3.43. The minimum Gasteiger partial charge on any atom is -0.436 e. The fourth-order valence-corrected chi connectivity index (χ4v) is 4.05. The predicted octanol–water partition coefficient (Wildman–Crippen LogP) is 6.21. The van der Waals surface area contributed by atoms with Crippen LogP contribution in [0.4, 0.5) is 5.69 Å². The van der Waals surface area contributed by atoms with Gasteiger partial charge >= 0.3 is 0 Å². The minimum absolute atomic E-state index is 0.105. The lowest BCUT2D eigenvalue weighted by molar-refractivity contribution is -0.117. The van der Waals surface area contributed by atoms with E-state index in [2.05, 4.69) is 20.5 Å². The number of benzene rings is 3. The quantitative estimate of drug-likeness (QED) is 0.344. The second kappa shape index (κ2) is 7.74. The van der Waals surface area contributed by atoms with E-state index < -0.39 is 0 Å². The second-order valence-corrected chi connectivity index (χ2v) is 8.52. The second-order valence-electron chi connectivity index (χ2n) is 8.52. The number of rotatable bonds is 5. The topological polar surface area (TPSA) is 83.8 Å². The number of carbonyl (C=O) groups is 1. The van der Waals surface area contributed by atoms with E-state index in [0.717, 1.165) is 63.1 Å². The molecule has 5 aromatic rings. The maximum absolute atomic E-state index is 12.3. The van der Waals surface area contributed by atoms with Crippen molar-refractivity contribution in [2.24, 2.45) is 5.92 Å². The Morgan fingerprint density at radius 2 is 1.79 bits per heavy atom. The number of anilines is 1. The predicted molar refractivity (Wildman–Crippen MR) is 129 cm³/mol. The minimum atomic E-state index is 0.105. The van der Waals surface area contributed by atoms with Gasteiger partial charge in [-0.05, 0) is 49.1 Å². The molecule has 0 spiro atoms. The smallest absolute Gasteiger partial charge is 0.231 e. The molecule has 0 saturated heterocycles. The maximum atomic E-state index is 12.3. The van der Waals surface area contributed by atoms with E-state index in [9.17, 15) is 4.79 Å². The lowest BCUT2D eigenvalue weighted by Crippen LogP contribution is -2.13. The Hall–Kier alpha value is -4.19. The lowest BCUT2D eigenvalue weighted by Gasteiger charge is -2.11. The molecule has 2 heterocycles. The van der Waals surface area contributed by atoms with E-state index in [0.29, 0.717) is 5.89 Å². The SMILES string of the molecule is Cc1ccc2nc(-c3c[nH]nc3-c3ccc(-c4ccccc4NC(=O)C4CC4)cc3)oc2c1. The van der Waals surface area contributed by atoms with Crippen LogP contribution in [0.3, 0.4) is 0 Å². The van der Waals surface area contributed by atoms with Crippen molar-refractivity contribution in [1.29, 1.82) is 0 Å². The summed E-state index contributed by atoms with van der Waals surface area (Å²) in [6.45, 7) is 2.03. The molecule has 0 aliphatic heterocycles. The molecule has 2 aromatic heterocycles. The van der Waals surface area contributed by atoms with Crippen molar-refractivity contribution >= 4 is 22.7 Å². The van der Waals surface area contributed by atoms with Crippen LogP contribution < -0.4 is 5.32 Å². The van der Waals surface area contributed by atoms with E-state index in [1.54, 1.807) is 0 Å². The first-order valence-corrected chi connectivity index (χ1v) is 11.1. The zero-order valence-electron chi connectivity index (χ0n) is 18.1. The van der Waals surface area contributed by atoms with Crippen molar-refractivity contribution in [3.05, 3.63) is 78.5 Å². The number of hydrogen-bond acceptors (Lipinski definition) is 4. The zero-order chi connectivity index (χ0) is 22.4. The highest BCUT2D eigenvalue weighted by Gasteiger charge is 2.30. The molecule has 6 rings (SSSR count). The fraction of sp³-hybridized carbons (Fsp3) is 0.148. The molecule has 1 aliphatic rings. The molecule has 0 bridgehead atoms. The highest BCUT2D eigenvalue weighted by atomic mass is 16.3.